The lowest BCUT2D eigenvalue weighted by Gasteiger charge is -2.17. The van der Waals surface area contributed by atoms with Crippen LogP contribution in [0.4, 0.5) is 0 Å². The Bertz CT molecular complexity index is 163. The van der Waals surface area contributed by atoms with E-state index >= 15 is 0 Å². The highest BCUT2D eigenvalue weighted by Gasteiger charge is 2.08. The Kier molecular flexibility index (Phi) is 8.85. The van der Waals surface area contributed by atoms with Gasteiger partial charge in [-0.15, -0.1) is 0 Å². The van der Waals surface area contributed by atoms with E-state index in [0.717, 1.165) is 11.8 Å². The molecular formula is C15H30. The van der Waals surface area contributed by atoms with Crippen LogP contribution in [0.3, 0.4) is 0 Å². The first-order chi connectivity index (χ1) is 7.15. The SMILES string of the molecule is CCCC=C(C)C(C)CCC(CC)CC. The Labute approximate surface area is 97.2 Å². The molecule has 0 nitrogen and oxygen atoms in total. The third-order valence-electron chi connectivity index (χ3n) is 3.69. The lowest BCUT2D eigenvalue weighted by Crippen LogP contribution is -2.03. The van der Waals surface area contributed by atoms with Gasteiger partial charge in [0.1, 0.15) is 0 Å². The van der Waals surface area contributed by atoms with Gasteiger partial charge >= 0.3 is 0 Å². The van der Waals surface area contributed by atoms with Gasteiger partial charge in [-0.1, -0.05) is 58.6 Å². The lowest BCUT2D eigenvalue weighted by molar-refractivity contribution is 0.410. The molecule has 0 aliphatic rings. The predicted octanol–water partition coefficient (Wildman–Crippen LogP) is 5.59. The molecule has 0 aromatic carbocycles. The minimum atomic E-state index is 0.789. The number of allylic oxidation sites excluding steroid dienone is 2. The van der Waals surface area contributed by atoms with Gasteiger partial charge in [0, 0.05) is 0 Å². The molecule has 0 rings (SSSR count). The van der Waals surface area contributed by atoms with Crippen molar-refractivity contribution in [3.8, 4) is 0 Å². The number of rotatable bonds is 8. The van der Waals surface area contributed by atoms with Crippen LogP contribution in [-0.2, 0) is 0 Å². The van der Waals surface area contributed by atoms with Crippen molar-refractivity contribution in [1.29, 1.82) is 0 Å². The number of hydrogen-bond donors (Lipinski definition) is 0. The van der Waals surface area contributed by atoms with Gasteiger partial charge in [-0.05, 0) is 38.0 Å². The Hall–Kier alpha value is -0.260. The van der Waals surface area contributed by atoms with Crippen LogP contribution in [0.25, 0.3) is 0 Å². The van der Waals surface area contributed by atoms with Crippen LogP contribution in [0.1, 0.15) is 73.1 Å². The molecule has 0 saturated heterocycles. The summed E-state index contributed by atoms with van der Waals surface area (Å²) in [4.78, 5) is 0. The molecule has 1 unspecified atom stereocenters. The van der Waals surface area contributed by atoms with Crippen LogP contribution >= 0.6 is 0 Å². The molecule has 1 atom stereocenters. The highest BCUT2D eigenvalue weighted by Crippen LogP contribution is 2.22. The zero-order chi connectivity index (χ0) is 11.7. The maximum absolute atomic E-state index is 2.43. The van der Waals surface area contributed by atoms with E-state index in [1.54, 1.807) is 5.57 Å². The molecule has 0 N–H and O–H groups in total. The maximum atomic E-state index is 2.43. The third kappa shape index (κ3) is 6.76. The van der Waals surface area contributed by atoms with Crippen molar-refractivity contribution >= 4 is 0 Å². The zero-order valence-corrected chi connectivity index (χ0v) is 11.5. The second-order valence-electron chi connectivity index (χ2n) is 4.90. The fraction of sp³-hybridized carbons (Fsp3) is 0.867. The molecule has 0 aromatic rings. The van der Waals surface area contributed by atoms with Gasteiger partial charge in [0.05, 0.1) is 0 Å². The highest BCUT2D eigenvalue weighted by atomic mass is 14.1. The van der Waals surface area contributed by atoms with E-state index in [2.05, 4.69) is 40.7 Å². The van der Waals surface area contributed by atoms with Crippen LogP contribution < -0.4 is 0 Å². The fourth-order valence-corrected chi connectivity index (χ4v) is 1.98. The van der Waals surface area contributed by atoms with Crippen LogP contribution in [0.15, 0.2) is 11.6 Å². The average molecular weight is 210 g/mol. The predicted molar refractivity (Wildman–Crippen MR) is 71.1 cm³/mol. The molecule has 0 aliphatic heterocycles. The molecule has 0 amide bonds. The maximum Gasteiger partial charge on any atom is -0.0234 e. The van der Waals surface area contributed by atoms with Crippen LogP contribution in [0, 0.1) is 11.8 Å². The van der Waals surface area contributed by atoms with E-state index in [4.69, 9.17) is 0 Å². The monoisotopic (exact) mass is 210 g/mol. The Balaban J connectivity index is 3.85. The van der Waals surface area contributed by atoms with E-state index < -0.39 is 0 Å². The third-order valence-corrected chi connectivity index (χ3v) is 3.69. The van der Waals surface area contributed by atoms with Crippen molar-refractivity contribution in [3.05, 3.63) is 11.6 Å². The van der Waals surface area contributed by atoms with Crippen molar-refractivity contribution < 1.29 is 0 Å². The summed E-state index contributed by atoms with van der Waals surface area (Å²) in [7, 11) is 0. The van der Waals surface area contributed by atoms with Crippen molar-refractivity contribution in [1.82, 2.24) is 0 Å². The molecule has 0 fully saturated rings. The topological polar surface area (TPSA) is 0 Å². The van der Waals surface area contributed by atoms with Gasteiger partial charge in [-0.3, -0.25) is 0 Å². The van der Waals surface area contributed by atoms with E-state index in [0.29, 0.717) is 0 Å². The molecule has 0 radical (unpaired) electrons. The van der Waals surface area contributed by atoms with Gasteiger partial charge in [-0.2, -0.15) is 0 Å². The van der Waals surface area contributed by atoms with Gasteiger partial charge in [-0.25, -0.2) is 0 Å². The largest absolute Gasteiger partial charge is 0.0854 e. The number of hydrogen-bond acceptors (Lipinski definition) is 0. The molecule has 0 saturated carbocycles. The molecule has 0 bridgehead atoms. The van der Waals surface area contributed by atoms with Crippen molar-refractivity contribution in [2.45, 2.75) is 73.1 Å². The summed E-state index contributed by atoms with van der Waals surface area (Å²) < 4.78 is 0. The molecular weight excluding hydrogens is 180 g/mol. The van der Waals surface area contributed by atoms with E-state index in [1.807, 2.05) is 0 Å². The summed E-state index contributed by atoms with van der Waals surface area (Å²) in [5, 5.41) is 0. The summed E-state index contributed by atoms with van der Waals surface area (Å²) in [6.07, 6.45) is 10.4. The average Bonchev–Trinajstić information content (AvgIpc) is 2.26. The molecule has 0 aromatic heterocycles. The van der Waals surface area contributed by atoms with Gasteiger partial charge in [0.15, 0.2) is 0 Å². The normalized spacial score (nSPS) is 14.7. The summed E-state index contributed by atoms with van der Waals surface area (Å²) in [6, 6.07) is 0. The zero-order valence-electron chi connectivity index (χ0n) is 11.5. The van der Waals surface area contributed by atoms with Crippen LogP contribution in [0.5, 0.6) is 0 Å². The second-order valence-corrected chi connectivity index (χ2v) is 4.90. The smallest absolute Gasteiger partial charge is 0.0234 e. The van der Waals surface area contributed by atoms with E-state index in [-0.39, 0.29) is 0 Å². The first kappa shape index (κ1) is 14.7. The van der Waals surface area contributed by atoms with Gasteiger partial charge in [0.2, 0.25) is 0 Å². The highest BCUT2D eigenvalue weighted by molar-refractivity contribution is 5.01. The van der Waals surface area contributed by atoms with Gasteiger partial charge < -0.3 is 0 Å². The summed E-state index contributed by atoms with van der Waals surface area (Å²) in [6.45, 7) is 11.6. The molecule has 15 heavy (non-hydrogen) atoms. The summed E-state index contributed by atoms with van der Waals surface area (Å²) in [5.41, 5.74) is 1.60. The van der Waals surface area contributed by atoms with Crippen LogP contribution in [0.2, 0.25) is 0 Å². The van der Waals surface area contributed by atoms with E-state index in [1.165, 1.54) is 38.5 Å². The first-order valence-corrected chi connectivity index (χ1v) is 6.82. The standard InChI is InChI=1S/C15H30/c1-6-9-10-13(4)14(5)11-12-15(7-2)8-3/h10,14-15H,6-9,11-12H2,1-5H3. The Morgan fingerprint density at radius 1 is 1.07 bits per heavy atom. The molecule has 90 valence electrons. The van der Waals surface area contributed by atoms with E-state index in [9.17, 15) is 0 Å². The molecule has 0 heterocycles. The molecule has 0 heteroatoms. The lowest BCUT2D eigenvalue weighted by atomic mass is 9.89. The molecule has 0 spiro atoms. The Morgan fingerprint density at radius 2 is 1.67 bits per heavy atom. The fourth-order valence-electron chi connectivity index (χ4n) is 1.98. The van der Waals surface area contributed by atoms with Crippen molar-refractivity contribution in [2.24, 2.45) is 11.8 Å². The summed E-state index contributed by atoms with van der Waals surface area (Å²) >= 11 is 0. The van der Waals surface area contributed by atoms with Crippen molar-refractivity contribution in [2.75, 3.05) is 0 Å². The summed E-state index contributed by atoms with van der Waals surface area (Å²) in [5.74, 6) is 1.74. The van der Waals surface area contributed by atoms with Crippen LogP contribution in [-0.4, -0.2) is 0 Å². The first-order valence-electron chi connectivity index (χ1n) is 6.82. The molecule has 0 aliphatic carbocycles. The van der Waals surface area contributed by atoms with Crippen molar-refractivity contribution in [3.63, 3.8) is 0 Å². The van der Waals surface area contributed by atoms with Gasteiger partial charge in [0.25, 0.3) is 0 Å². The number of unbranched alkanes of at least 4 members (excludes halogenated alkanes) is 1. The Morgan fingerprint density at radius 3 is 2.13 bits per heavy atom. The quantitative estimate of drug-likeness (QED) is 0.458. The minimum absolute atomic E-state index is 0.789. The second kappa shape index (κ2) is 9.00. The minimum Gasteiger partial charge on any atom is -0.0854 e.